The van der Waals surface area contributed by atoms with Gasteiger partial charge in [0, 0.05) is 79.7 Å². The van der Waals surface area contributed by atoms with Gasteiger partial charge in [-0.15, -0.1) is 0 Å². The Morgan fingerprint density at radius 3 is 2.52 bits per heavy atom. The number of Topliss-reactive ketones (excluding diaryl/α,β-unsaturated/α-hetero) is 1. The molecule has 11 rings (SSSR count). The number of benzene rings is 5. The van der Waals surface area contributed by atoms with Crippen LogP contribution < -0.4 is 36.5 Å². The number of hydrogen-bond acceptors (Lipinski definition) is 14. The molecule has 0 amide bonds. The van der Waals surface area contributed by atoms with Crippen molar-refractivity contribution in [3.05, 3.63) is 158 Å². The van der Waals surface area contributed by atoms with Crippen molar-refractivity contribution in [2.24, 2.45) is 28.5 Å². The maximum Gasteiger partial charge on any atom is 0.192 e. The average molecular weight is 1270 g/mol. The number of ketones is 1. The Labute approximate surface area is 551 Å². The molecule has 4 heterocycles. The number of ether oxygens (including phenoxy) is 4. The number of phenols is 1. The molecule has 0 unspecified atom stereocenters. The number of nitrogens with two attached hydrogens (primary N) is 1. The van der Waals surface area contributed by atoms with Crippen molar-refractivity contribution >= 4 is 34.3 Å². The maximum atomic E-state index is 14.6. The molecule has 0 radical (unpaired) electrons. The van der Waals surface area contributed by atoms with Crippen LogP contribution in [-0.4, -0.2) is 110 Å². The summed E-state index contributed by atoms with van der Waals surface area (Å²) >= 11 is 0. The Kier molecular flexibility index (Phi) is 25.8. The maximum absolute atomic E-state index is 14.6. The van der Waals surface area contributed by atoms with Gasteiger partial charge in [0.05, 0.1) is 31.9 Å². The van der Waals surface area contributed by atoms with Crippen LogP contribution in [0.1, 0.15) is 184 Å². The molecule has 16 heteroatoms. The summed E-state index contributed by atoms with van der Waals surface area (Å²) in [5.41, 5.74) is 16.3. The van der Waals surface area contributed by atoms with Crippen LogP contribution in [0.15, 0.2) is 107 Å². The zero-order chi connectivity index (χ0) is 66.0. The van der Waals surface area contributed by atoms with Crippen LogP contribution in [0.25, 0.3) is 16.8 Å². The minimum absolute atomic E-state index is 0.00591. The first-order valence-corrected chi connectivity index (χ1v) is 34.2. The van der Waals surface area contributed by atoms with Crippen LogP contribution in [0.4, 0.5) is 5.69 Å². The zero-order valence-electron chi connectivity index (χ0n) is 55.9. The zero-order valence-corrected chi connectivity index (χ0v) is 55.9. The normalized spacial score (nSPS) is 21.3. The fourth-order valence-electron chi connectivity index (χ4n) is 14.3. The van der Waals surface area contributed by atoms with Crippen molar-refractivity contribution in [1.29, 1.82) is 0 Å². The summed E-state index contributed by atoms with van der Waals surface area (Å²) in [6, 6.07) is 24.2. The number of methoxy groups -OCH3 is 1. The molecular weight excluding hydrogens is 1170 g/mol. The second-order valence-corrected chi connectivity index (χ2v) is 26.0. The second-order valence-electron chi connectivity index (χ2n) is 26.0. The van der Waals surface area contributed by atoms with E-state index in [2.05, 4.69) is 114 Å². The average Bonchev–Trinajstić information content (AvgIpc) is 0.833. The largest absolute Gasteiger partial charge is 0.508 e. The minimum Gasteiger partial charge on any atom is -0.508 e. The lowest BCUT2D eigenvalue weighted by atomic mass is 9.70. The molecule has 10 bridgehead atoms. The first kappa shape index (κ1) is 70.1. The molecule has 0 fully saturated rings. The van der Waals surface area contributed by atoms with Crippen molar-refractivity contribution in [3.8, 4) is 29.3 Å². The third-order valence-electron chi connectivity index (χ3n) is 19.4. The summed E-state index contributed by atoms with van der Waals surface area (Å²) in [5, 5.41) is 75.0. The fourth-order valence-corrected chi connectivity index (χ4v) is 14.3. The third-order valence-corrected chi connectivity index (χ3v) is 19.4. The summed E-state index contributed by atoms with van der Waals surface area (Å²) in [6.45, 7) is 10.9. The highest BCUT2D eigenvalue weighted by molar-refractivity contribution is 6.01. The number of guanidine groups is 1. The molecule has 11 N–H and O–H groups in total. The Morgan fingerprint density at radius 1 is 0.914 bits per heavy atom. The summed E-state index contributed by atoms with van der Waals surface area (Å²) in [5.74, 6) is 3.01. The third kappa shape index (κ3) is 18.2. The van der Waals surface area contributed by atoms with Gasteiger partial charge in [0.25, 0.3) is 0 Å². The topological polar surface area (TPSA) is 242 Å². The number of rotatable bonds is 27. The SMILES string of the molecule is CCCCCc1c(CCCC[C@H]2C=C3C(O)=C[C@H]2C[C@H]2CC(=O)CCc4ccc(OC)c(c4)OCc4c(C(O)O)cc5c(c(O)cc6c5c4C=C[C@@H]6C)[C@@H](C#CO2)[C@H](c2cccc(CCOCCCNC)c2)C[C@H]3CN[C@H](CC)NC[C@H](C)O)cccc1NC(N)=NC. The standard InChI is InChI=1S/C77H102N6O10/c1-8-10-11-22-59-52(20-15-23-68(59)83-77(78)80-6)18-12-13-19-53-39-64-56(46-82-73(9-2)81-45-49(4)84)40-63(54-21-14-17-50(36-54)30-34-91-33-16-32-79-5)61-31-35-92-58(38-55(53)41-69(64)86)42-57(85)27-25-51-26-29-71(90-7)72(37-51)93-47-67-60-28-24-48(3)62-44-70(87)75(61)66(74(60)62)43-65(67)76(88)89/h14-15,17,20-21,23-24,26,28-29,36-37,39,41,43-44,48-49,53,55-56,58,61,63,73,76,79,81-82,84,86-89H,8-13,16,18-19,22,25,27,30,32-34,38,40,42,45-47H2,1-7H3,(H3,78,80,83)/t48-,49-,53-,55+,56-,58-,61-,63-,73+/m0/s1. The predicted octanol–water partition coefficient (Wildman–Crippen LogP) is 12.4. The van der Waals surface area contributed by atoms with Gasteiger partial charge in [-0.05, 0) is 195 Å². The molecule has 5 aromatic carbocycles. The highest BCUT2D eigenvalue weighted by Gasteiger charge is 2.38. The van der Waals surface area contributed by atoms with Crippen molar-refractivity contribution in [2.45, 2.75) is 179 Å². The molecule has 0 aromatic heterocycles. The van der Waals surface area contributed by atoms with Crippen LogP contribution in [0, 0.1) is 29.8 Å². The lowest BCUT2D eigenvalue weighted by Crippen LogP contribution is -2.46. The molecule has 4 aliphatic heterocycles. The van der Waals surface area contributed by atoms with E-state index in [4.69, 9.17) is 24.7 Å². The smallest absolute Gasteiger partial charge is 0.192 e. The van der Waals surface area contributed by atoms with Gasteiger partial charge in [0.15, 0.2) is 23.7 Å². The number of hydrogen-bond donors (Lipinski definition) is 10. The Balaban J connectivity index is 1.23. The van der Waals surface area contributed by atoms with Gasteiger partial charge in [-0.25, -0.2) is 0 Å². The number of fused-ring (bicyclic) bond motifs is 8. The second kappa shape index (κ2) is 34.3. The molecule has 16 nitrogen and oxygen atoms in total. The molecule has 2 aliphatic carbocycles. The monoisotopic (exact) mass is 1270 g/mol. The van der Waals surface area contributed by atoms with Crippen LogP contribution in [0.5, 0.6) is 17.2 Å². The minimum atomic E-state index is -1.94. The lowest BCUT2D eigenvalue weighted by molar-refractivity contribution is -0.121. The van der Waals surface area contributed by atoms with Crippen LogP contribution >= 0.6 is 0 Å². The van der Waals surface area contributed by atoms with E-state index >= 15 is 0 Å². The number of aromatic hydroxyl groups is 1. The predicted molar refractivity (Wildman–Crippen MR) is 372 cm³/mol. The number of phenolic OH excluding ortho intramolecular Hbond substituents is 1. The van der Waals surface area contributed by atoms with Crippen molar-refractivity contribution in [1.82, 2.24) is 16.0 Å². The number of unbranched alkanes of at least 4 members (excludes halogenated alkanes) is 3. The van der Waals surface area contributed by atoms with E-state index in [-0.39, 0.29) is 72.1 Å². The number of aliphatic hydroxyl groups is 4. The molecule has 6 aliphatic rings. The van der Waals surface area contributed by atoms with Crippen molar-refractivity contribution in [3.63, 3.8) is 0 Å². The Morgan fingerprint density at radius 2 is 1.74 bits per heavy atom. The molecule has 0 spiro atoms. The summed E-state index contributed by atoms with van der Waals surface area (Å²) < 4.78 is 25.6. The Bertz CT molecular complexity index is 3530. The number of aliphatic hydroxyl groups excluding tert-OH is 3. The summed E-state index contributed by atoms with van der Waals surface area (Å²) in [7, 11) is 5.20. The number of carbonyl (C=O) groups is 1. The molecule has 5 aromatic rings. The van der Waals surface area contributed by atoms with Gasteiger partial charge in [-0.1, -0.05) is 107 Å². The first-order chi connectivity index (χ1) is 45.1. The van der Waals surface area contributed by atoms with Crippen molar-refractivity contribution < 1.29 is 49.3 Å². The number of carbonyl (C=O) groups excluding carboxylic acids is 1. The van der Waals surface area contributed by atoms with Gasteiger partial charge in [0.1, 0.15) is 36.1 Å². The fraction of sp³-hybridized carbons (Fsp3) is 0.506. The molecule has 0 saturated carbocycles. The van der Waals surface area contributed by atoms with E-state index in [0.29, 0.717) is 92.4 Å². The van der Waals surface area contributed by atoms with E-state index in [1.807, 2.05) is 43.5 Å². The van der Waals surface area contributed by atoms with E-state index < -0.39 is 30.3 Å². The lowest BCUT2D eigenvalue weighted by Gasteiger charge is -2.35. The van der Waals surface area contributed by atoms with E-state index in [0.717, 1.165) is 109 Å². The van der Waals surface area contributed by atoms with Gasteiger partial charge >= 0.3 is 0 Å². The van der Waals surface area contributed by atoms with Crippen LogP contribution in [0.2, 0.25) is 0 Å². The van der Waals surface area contributed by atoms with Gasteiger partial charge in [0.2, 0.25) is 0 Å². The molecule has 500 valence electrons. The van der Waals surface area contributed by atoms with E-state index in [1.54, 1.807) is 27.1 Å². The molecule has 0 saturated heterocycles. The quantitative estimate of drug-likeness (QED) is 0.00773. The number of nitrogens with one attached hydrogen (secondary N) is 4. The van der Waals surface area contributed by atoms with Crippen LogP contribution in [-0.2, 0) is 46.6 Å². The van der Waals surface area contributed by atoms with E-state index in [1.165, 1.54) is 11.1 Å². The summed E-state index contributed by atoms with van der Waals surface area (Å²) in [4.78, 5) is 18.8. The van der Waals surface area contributed by atoms with Gasteiger partial charge < -0.3 is 66.2 Å². The number of nitrogens with zero attached hydrogens (tertiary/aromatic N) is 1. The first-order valence-electron chi connectivity index (χ1n) is 34.2. The highest BCUT2D eigenvalue weighted by Crippen LogP contribution is 2.51. The molecule has 93 heavy (non-hydrogen) atoms. The van der Waals surface area contributed by atoms with Crippen molar-refractivity contribution in [2.75, 3.05) is 59.4 Å². The van der Waals surface area contributed by atoms with Gasteiger partial charge in [-0.3, -0.25) is 15.1 Å². The number of aryl methyl sites for hydroxylation is 2. The number of anilines is 1. The molecular formula is C77H102N6O10. The van der Waals surface area contributed by atoms with E-state index in [9.17, 15) is 30.3 Å². The number of aliphatic imine (C=N–C) groups is 1. The summed E-state index contributed by atoms with van der Waals surface area (Å²) in [6.07, 6.45) is 19.7. The van der Waals surface area contributed by atoms with Gasteiger partial charge in [-0.2, -0.15) is 0 Å². The number of allylic oxidation sites excluding steroid dienone is 4. The van der Waals surface area contributed by atoms with Crippen LogP contribution in [0.3, 0.4) is 0 Å². The molecule has 9 atom stereocenters. The highest BCUT2D eigenvalue weighted by atomic mass is 16.5. The Hall–Kier alpha value is -7.20.